The van der Waals surface area contributed by atoms with Crippen LogP contribution < -0.4 is 20.7 Å². The maximum Gasteiger partial charge on any atom is 0.474 e. The molecule has 2 aliphatic carbocycles. The summed E-state index contributed by atoms with van der Waals surface area (Å²) in [6.45, 7) is 0. The molecule has 0 aliphatic heterocycles. The van der Waals surface area contributed by atoms with E-state index in [4.69, 9.17) is 4.74 Å². The first-order valence-electron chi connectivity index (χ1n) is 13.0. The zero-order valence-corrected chi connectivity index (χ0v) is 23.6. The molecule has 0 bridgehead atoms. The van der Waals surface area contributed by atoms with Gasteiger partial charge >= 0.3 is 12.1 Å². The minimum atomic E-state index is -5.26. The lowest BCUT2D eigenvalue weighted by Crippen LogP contribution is -2.23. The van der Waals surface area contributed by atoms with E-state index < -0.39 is 33.0 Å². The van der Waals surface area contributed by atoms with Gasteiger partial charge in [0.1, 0.15) is 0 Å². The van der Waals surface area contributed by atoms with Gasteiger partial charge in [0.05, 0.1) is 38.7 Å². The number of aromatic nitrogens is 4. The maximum absolute atomic E-state index is 13.4. The Hall–Kier alpha value is -4.67. The zero-order chi connectivity index (χ0) is 30.9. The van der Waals surface area contributed by atoms with Crippen molar-refractivity contribution in [2.45, 2.75) is 42.0 Å². The number of alkyl halides is 3. The largest absolute Gasteiger partial charge is 0.494 e. The monoisotopic (exact) mass is 618 g/mol. The first-order valence-corrected chi connectivity index (χ1v) is 14.6. The molecule has 17 heteroatoms. The van der Waals surface area contributed by atoms with E-state index in [1.165, 1.54) is 20.2 Å². The van der Waals surface area contributed by atoms with Gasteiger partial charge in [-0.05, 0) is 37.8 Å². The summed E-state index contributed by atoms with van der Waals surface area (Å²) in [5, 5.41) is 15.4. The number of halogens is 3. The van der Waals surface area contributed by atoms with Crippen LogP contribution in [0.1, 0.15) is 36.2 Å². The average Bonchev–Trinajstić information content (AvgIpc) is 3.89. The summed E-state index contributed by atoms with van der Waals surface area (Å²) in [6, 6.07) is 6.33. The second kappa shape index (κ2) is 11.5. The Morgan fingerprint density at radius 3 is 2.33 bits per heavy atom. The van der Waals surface area contributed by atoms with Crippen LogP contribution in [0.4, 0.5) is 30.4 Å². The van der Waals surface area contributed by atoms with Gasteiger partial charge in [-0.1, -0.05) is 6.07 Å². The van der Waals surface area contributed by atoms with Gasteiger partial charge in [0.25, 0.3) is 5.91 Å². The van der Waals surface area contributed by atoms with Crippen molar-refractivity contribution in [3.05, 3.63) is 42.4 Å². The van der Waals surface area contributed by atoms with Crippen LogP contribution in [-0.4, -0.2) is 67.7 Å². The highest BCUT2D eigenvalue weighted by atomic mass is 32.2. The predicted molar refractivity (Wildman–Crippen MR) is 147 cm³/mol. The number of methoxy groups -OCH3 is 1. The Kier molecular flexibility index (Phi) is 8.00. The first-order chi connectivity index (χ1) is 20.4. The minimum absolute atomic E-state index is 0.0630. The van der Waals surface area contributed by atoms with Crippen molar-refractivity contribution >= 4 is 44.6 Å². The Balaban J connectivity index is 1.48. The first kappa shape index (κ1) is 29.8. The standard InChI is InChI=1S/C26H25F3N8O5S/c1-30-24(39)20-18(10-19(35-36-20)34-23(38)13-6-7-13)33-17-5-3-4-16(21(17)42-2)22-31-11-15(12-32-22)43(41,14-8-9-14)37-25(40)26(27,28)29/h3-5,10-14H,6-9H2,1-2H3,(H,30,39)(H2,33,34,35,38). The van der Waals surface area contributed by atoms with E-state index >= 15 is 0 Å². The molecule has 1 unspecified atom stereocenters. The number of nitrogens with one attached hydrogen (secondary N) is 3. The van der Waals surface area contributed by atoms with Crippen LogP contribution in [0.2, 0.25) is 0 Å². The molecule has 2 saturated carbocycles. The second-order valence-electron chi connectivity index (χ2n) is 9.75. The van der Waals surface area contributed by atoms with Crippen LogP contribution in [0, 0.1) is 5.92 Å². The second-order valence-corrected chi connectivity index (χ2v) is 12.2. The third-order valence-electron chi connectivity index (χ3n) is 6.57. The fourth-order valence-corrected chi connectivity index (χ4v) is 6.24. The lowest BCUT2D eigenvalue weighted by molar-refractivity contribution is -0.169. The molecule has 13 nitrogen and oxygen atoms in total. The molecular weight excluding hydrogens is 593 g/mol. The SMILES string of the molecule is CNC(=O)c1nnc(NC(=O)C2CC2)cc1Nc1cccc(-c2ncc(S(=O)(=NC(=O)C(F)(F)F)C3CC3)cn2)c1OC. The summed E-state index contributed by atoms with van der Waals surface area (Å²) in [5.41, 5.74) is 0.822. The van der Waals surface area contributed by atoms with Crippen LogP contribution in [0.25, 0.3) is 11.4 Å². The quantitative estimate of drug-likeness (QED) is 0.322. The Morgan fingerprint density at radius 1 is 1.05 bits per heavy atom. The van der Waals surface area contributed by atoms with Crippen LogP contribution in [0.3, 0.4) is 0 Å². The number of nitrogens with zero attached hydrogens (tertiary/aromatic N) is 5. The molecule has 1 aromatic carbocycles. The molecule has 2 aliphatic rings. The molecule has 0 radical (unpaired) electrons. The molecule has 0 spiro atoms. The lowest BCUT2D eigenvalue weighted by atomic mass is 10.1. The Morgan fingerprint density at radius 2 is 1.74 bits per heavy atom. The molecule has 1 atom stereocenters. The van der Waals surface area contributed by atoms with Gasteiger partial charge in [0.2, 0.25) is 5.91 Å². The van der Waals surface area contributed by atoms with Gasteiger partial charge in [-0.15, -0.1) is 14.6 Å². The van der Waals surface area contributed by atoms with Crippen LogP contribution in [0.15, 0.2) is 45.9 Å². The van der Waals surface area contributed by atoms with E-state index in [2.05, 4.69) is 40.5 Å². The van der Waals surface area contributed by atoms with E-state index in [-0.39, 0.29) is 45.5 Å². The number of amides is 3. The van der Waals surface area contributed by atoms with Crippen LogP contribution >= 0.6 is 0 Å². The van der Waals surface area contributed by atoms with Crippen molar-refractivity contribution in [3.63, 3.8) is 0 Å². The van der Waals surface area contributed by atoms with Crippen molar-refractivity contribution in [3.8, 4) is 17.1 Å². The summed E-state index contributed by atoms with van der Waals surface area (Å²) < 4.78 is 60.7. The van der Waals surface area contributed by atoms with E-state index in [0.717, 1.165) is 25.2 Å². The summed E-state index contributed by atoms with van der Waals surface area (Å²) in [7, 11) is -0.939. The van der Waals surface area contributed by atoms with Gasteiger partial charge in [-0.3, -0.25) is 14.4 Å². The van der Waals surface area contributed by atoms with Crippen molar-refractivity contribution < 1.29 is 36.5 Å². The van der Waals surface area contributed by atoms with Gasteiger partial charge in [-0.2, -0.15) is 13.2 Å². The topological polar surface area (TPSA) is 178 Å². The highest BCUT2D eigenvalue weighted by Gasteiger charge is 2.43. The zero-order valence-electron chi connectivity index (χ0n) is 22.8. The number of hydrogen-bond acceptors (Lipinski definition) is 10. The molecule has 5 rings (SSSR count). The summed E-state index contributed by atoms with van der Waals surface area (Å²) in [5.74, 6) is -2.83. The molecule has 0 saturated heterocycles. The third-order valence-corrected chi connectivity index (χ3v) is 9.27. The van der Waals surface area contributed by atoms with E-state index in [1.54, 1.807) is 18.2 Å². The smallest absolute Gasteiger partial charge is 0.474 e. The van der Waals surface area contributed by atoms with Crippen LogP contribution in [-0.2, 0) is 19.3 Å². The van der Waals surface area contributed by atoms with Crippen molar-refractivity contribution in [1.29, 1.82) is 0 Å². The number of ether oxygens (including phenoxy) is 1. The highest BCUT2D eigenvalue weighted by Crippen LogP contribution is 2.39. The van der Waals surface area contributed by atoms with Crippen molar-refractivity contribution in [1.82, 2.24) is 25.5 Å². The van der Waals surface area contributed by atoms with E-state index in [9.17, 15) is 31.8 Å². The molecule has 3 amide bonds. The molecule has 3 aromatic rings. The number of carbonyl (C=O) groups is 3. The predicted octanol–water partition coefficient (Wildman–Crippen LogP) is 3.47. The molecular formula is C26H25F3N8O5S. The number of para-hydroxylation sites is 1. The number of rotatable bonds is 9. The summed E-state index contributed by atoms with van der Waals surface area (Å²) in [4.78, 5) is 44.5. The normalized spacial score (nSPS) is 16.0. The molecule has 2 heterocycles. The molecule has 2 aromatic heterocycles. The maximum atomic E-state index is 13.4. The fraction of sp³-hybridized carbons (Fsp3) is 0.346. The van der Waals surface area contributed by atoms with Crippen molar-refractivity contribution in [2.24, 2.45) is 10.3 Å². The van der Waals surface area contributed by atoms with E-state index in [1.807, 2.05) is 0 Å². The average molecular weight is 619 g/mol. The van der Waals surface area contributed by atoms with Gasteiger partial charge in [-0.25, -0.2) is 14.2 Å². The molecule has 43 heavy (non-hydrogen) atoms. The number of benzene rings is 1. The molecule has 2 fully saturated rings. The Labute approximate surface area is 243 Å². The van der Waals surface area contributed by atoms with E-state index in [0.29, 0.717) is 24.1 Å². The summed E-state index contributed by atoms with van der Waals surface area (Å²) in [6.07, 6.45) is -0.820. The Bertz CT molecular complexity index is 1720. The van der Waals surface area contributed by atoms with Gasteiger partial charge in [0, 0.05) is 36.7 Å². The summed E-state index contributed by atoms with van der Waals surface area (Å²) >= 11 is 0. The third kappa shape index (κ3) is 6.40. The van der Waals surface area contributed by atoms with Crippen molar-refractivity contribution in [2.75, 3.05) is 24.8 Å². The molecule has 3 N–H and O–H groups in total. The minimum Gasteiger partial charge on any atom is -0.494 e. The fourth-order valence-electron chi connectivity index (χ4n) is 4.07. The van der Waals surface area contributed by atoms with Gasteiger partial charge < -0.3 is 20.7 Å². The highest BCUT2D eigenvalue weighted by molar-refractivity contribution is 7.94. The van der Waals surface area contributed by atoms with Crippen LogP contribution in [0.5, 0.6) is 5.75 Å². The lowest BCUT2D eigenvalue weighted by Gasteiger charge is -2.16. The molecule has 226 valence electrons. The van der Waals surface area contributed by atoms with Gasteiger partial charge in [0.15, 0.2) is 23.1 Å². The number of anilines is 3. The number of carbonyl (C=O) groups excluding carboxylic acids is 3. The number of hydrogen-bond donors (Lipinski definition) is 3.